The van der Waals surface area contributed by atoms with Crippen molar-refractivity contribution in [1.82, 2.24) is 9.80 Å². The van der Waals surface area contributed by atoms with Gasteiger partial charge in [-0.05, 0) is 49.6 Å². The van der Waals surface area contributed by atoms with E-state index in [0.29, 0.717) is 35.7 Å². The number of carbonyl (C=O) groups is 1. The molecule has 2 aromatic rings. The lowest BCUT2D eigenvalue weighted by Gasteiger charge is -2.25. The summed E-state index contributed by atoms with van der Waals surface area (Å²) in [6.07, 6.45) is 2.27. The van der Waals surface area contributed by atoms with Crippen LogP contribution < -0.4 is 0 Å². The van der Waals surface area contributed by atoms with Gasteiger partial charge in [0.25, 0.3) is 0 Å². The Balaban J connectivity index is 1.60. The van der Waals surface area contributed by atoms with Gasteiger partial charge in [0.1, 0.15) is 11.5 Å². The first-order valence-corrected chi connectivity index (χ1v) is 9.15. The maximum absolute atomic E-state index is 12.6. The van der Waals surface area contributed by atoms with Gasteiger partial charge in [-0.1, -0.05) is 29.3 Å². The second kappa shape index (κ2) is 7.81. The van der Waals surface area contributed by atoms with E-state index in [4.69, 9.17) is 27.6 Å². The van der Waals surface area contributed by atoms with E-state index in [2.05, 4.69) is 4.90 Å². The summed E-state index contributed by atoms with van der Waals surface area (Å²) >= 11 is 12.1. The average Bonchev–Trinajstić information content (AvgIpc) is 3.33. The van der Waals surface area contributed by atoms with Crippen molar-refractivity contribution in [3.05, 3.63) is 57.5 Å². The van der Waals surface area contributed by atoms with Gasteiger partial charge in [0.05, 0.1) is 23.1 Å². The van der Waals surface area contributed by atoms with Gasteiger partial charge in [0.2, 0.25) is 5.91 Å². The van der Waals surface area contributed by atoms with Crippen LogP contribution in [0.15, 0.2) is 34.7 Å². The molecule has 4 nitrogen and oxygen atoms in total. The number of amides is 1. The third-order valence-corrected chi connectivity index (χ3v) is 5.13. The maximum atomic E-state index is 12.6. The Bertz CT molecular complexity index is 756. The summed E-state index contributed by atoms with van der Waals surface area (Å²) in [5.41, 5.74) is 1.07. The van der Waals surface area contributed by atoms with E-state index >= 15 is 0 Å². The maximum Gasteiger partial charge on any atom is 0.236 e. The van der Waals surface area contributed by atoms with Gasteiger partial charge in [0.15, 0.2) is 0 Å². The molecule has 1 heterocycles. The Kier molecular flexibility index (Phi) is 5.72. The molecule has 0 radical (unpaired) electrons. The summed E-state index contributed by atoms with van der Waals surface area (Å²) in [5.74, 6) is 1.74. The monoisotopic (exact) mass is 380 g/mol. The Morgan fingerprint density at radius 3 is 2.52 bits per heavy atom. The standard InChI is InChI=1S/C19H22Cl2N2O2/c1-13-3-7-16(25-13)11-22(2)19(24)12-23(15-5-6-15)10-14-4-8-17(20)18(21)9-14/h3-4,7-9,15H,5-6,10-12H2,1-2H3. The minimum Gasteiger partial charge on any atom is -0.464 e. The van der Waals surface area contributed by atoms with Crippen molar-refractivity contribution < 1.29 is 9.21 Å². The van der Waals surface area contributed by atoms with Crippen LogP contribution in [0.25, 0.3) is 0 Å². The number of halogens is 2. The van der Waals surface area contributed by atoms with Crippen LogP contribution in [0.3, 0.4) is 0 Å². The van der Waals surface area contributed by atoms with Gasteiger partial charge in [0, 0.05) is 19.6 Å². The number of hydrogen-bond donors (Lipinski definition) is 0. The molecule has 1 fully saturated rings. The first-order valence-electron chi connectivity index (χ1n) is 8.39. The lowest BCUT2D eigenvalue weighted by atomic mass is 10.2. The fourth-order valence-corrected chi connectivity index (χ4v) is 3.13. The Labute approximate surface area is 158 Å². The van der Waals surface area contributed by atoms with Crippen LogP contribution in [0.2, 0.25) is 10.0 Å². The number of carbonyl (C=O) groups excluding carboxylic acids is 1. The van der Waals surface area contributed by atoms with E-state index in [9.17, 15) is 4.79 Å². The molecule has 1 aromatic carbocycles. The molecule has 0 bridgehead atoms. The normalized spacial score (nSPS) is 14.1. The highest BCUT2D eigenvalue weighted by molar-refractivity contribution is 6.42. The highest BCUT2D eigenvalue weighted by Gasteiger charge is 2.31. The first-order chi connectivity index (χ1) is 11.9. The molecule has 3 rings (SSSR count). The molecule has 25 heavy (non-hydrogen) atoms. The summed E-state index contributed by atoms with van der Waals surface area (Å²) in [7, 11) is 1.81. The highest BCUT2D eigenvalue weighted by atomic mass is 35.5. The average molecular weight is 381 g/mol. The molecule has 1 amide bonds. The number of hydrogen-bond acceptors (Lipinski definition) is 3. The first kappa shape index (κ1) is 18.3. The van der Waals surface area contributed by atoms with Gasteiger partial charge in [-0.3, -0.25) is 9.69 Å². The van der Waals surface area contributed by atoms with Gasteiger partial charge in [-0.2, -0.15) is 0 Å². The van der Waals surface area contributed by atoms with Gasteiger partial charge < -0.3 is 9.32 Å². The van der Waals surface area contributed by atoms with Crippen LogP contribution in [0, 0.1) is 6.92 Å². The molecule has 134 valence electrons. The molecule has 1 saturated carbocycles. The Morgan fingerprint density at radius 1 is 1.16 bits per heavy atom. The van der Waals surface area contributed by atoms with Gasteiger partial charge in [-0.25, -0.2) is 0 Å². The molecular weight excluding hydrogens is 359 g/mol. The van der Waals surface area contributed by atoms with Crippen LogP contribution in [0.4, 0.5) is 0 Å². The molecule has 0 atom stereocenters. The van der Waals surface area contributed by atoms with E-state index < -0.39 is 0 Å². The van der Waals surface area contributed by atoms with E-state index in [1.807, 2.05) is 38.2 Å². The molecule has 1 aliphatic rings. The molecule has 0 aliphatic heterocycles. The molecular formula is C19H22Cl2N2O2. The smallest absolute Gasteiger partial charge is 0.236 e. The molecule has 0 N–H and O–H groups in total. The third kappa shape index (κ3) is 5.00. The summed E-state index contributed by atoms with van der Waals surface area (Å²) in [5, 5.41) is 1.10. The van der Waals surface area contributed by atoms with Crippen LogP contribution in [-0.2, 0) is 17.9 Å². The molecule has 0 saturated heterocycles. The zero-order valence-corrected chi connectivity index (χ0v) is 16.0. The number of aryl methyl sites for hydroxylation is 1. The van der Waals surface area contributed by atoms with E-state index in [-0.39, 0.29) is 5.91 Å². The van der Waals surface area contributed by atoms with Crippen molar-refractivity contribution in [3.63, 3.8) is 0 Å². The summed E-state index contributed by atoms with van der Waals surface area (Å²) in [6.45, 7) is 3.47. The van der Waals surface area contributed by atoms with Crippen LogP contribution in [0.5, 0.6) is 0 Å². The number of benzene rings is 1. The topological polar surface area (TPSA) is 36.7 Å². The lowest BCUT2D eigenvalue weighted by Crippen LogP contribution is -2.38. The number of furan rings is 1. The largest absolute Gasteiger partial charge is 0.464 e. The predicted molar refractivity (Wildman–Crippen MR) is 99.8 cm³/mol. The molecule has 6 heteroatoms. The summed E-state index contributed by atoms with van der Waals surface area (Å²) in [6, 6.07) is 9.93. The molecule has 1 aromatic heterocycles. The third-order valence-electron chi connectivity index (χ3n) is 4.39. The van der Waals surface area contributed by atoms with Crippen LogP contribution in [-0.4, -0.2) is 35.3 Å². The second-order valence-electron chi connectivity index (χ2n) is 6.65. The summed E-state index contributed by atoms with van der Waals surface area (Å²) < 4.78 is 5.55. The minimum atomic E-state index is 0.0843. The zero-order valence-electron chi connectivity index (χ0n) is 14.5. The van der Waals surface area contributed by atoms with Crippen molar-refractivity contribution in [3.8, 4) is 0 Å². The predicted octanol–water partition coefficient (Wildman–Crippen LogP) is 4.52. The van der Waals surface area contributed by atoms with Crippen LogP contribution >= 0.6 is 23.2 Å². The lowest BCUT2D eigenvalue weighted by molar-refractivity contribution is -0.132. The van der Waals surface area contributed by atoms with Crippen LogP contribution in [0.1, 0.15) is 29.9 Å². The molecule has 0 spiro atoms. The minimum absolute atomic E-state index is 0.0843. The highest BCUT2D eigenvalue weighted by Crippen LogP contribution is 2.30. The fourth-order valence-electron chi connectivity index (χ4n) is 2.81. The van der Waals surface area contributed by atoms with E-state index in [0.717, 1.165) is 29.9 Å². The fraction of sp³-hybridized carbons (Fsp3) is 0.421. The van der Waals surface area contributed by atoms with Crippen molar-refractivity contribution in [2.75, 3.05) is 13.6 Å². The number of likely N-dealkylation sites (N-methyl/N-ethyl adjacent to an activating group) is 1. The second-order valence-corrected chi connectivity index (χ2v) is 7.46. The quantitative estimate of drug-likeness (QED) is 0.708. The van der Waals surface area contributed by atoms with E-state index in [1.54, 1.807) is 11.0 Å². The van der Waals surface area contributed by atoms with Gasteiger partial charge in [-0.15, -0.1) is 0 Å². The zero-order chi connectivity index (χ0) is 18.0. The Morgan fingerprint density at radius 2 is 1.92 bits per heavy atom. The van der Waals surface area contributed by atoms with Crippen molar-refractivity contribution in [1.29, 1.82) is 0 Å². The van der Waals surface area contributed by atoms with Crippen molar-refractivity contribution in [2.45, 2.75) is 38.9 Å². The van der Waals surface area contributed by atoms with Crippen molar-refractivity contribution >= 4 is 29.1 Å². The Hall–Kier alpha value is -1.49. The van der Waals surface area contributed by atoms with E-state index in [1.165, 1.54) is 0 Å². The number of nitrogens with zero attached hydrogens (tertiary/aromatic N) is 2. The summed E-state index contributed by atoms with van der Waals surface area (Å²) in [4.78, 5) is 16.5. The SMILES string of the molecule is Cc1ccc(CN(C)C(=O)CN(Cc2ccc(Cl)c(Cl)c2)C2CC2)o1. The molecule has 1 aliphatic carbocycles. The number of rotatable bonds is 7. The van der Waals surface area contributed by atoms with Crippen molar-refractivity contribution in [2.24, 2.45) is 0 Å². The molecule has 0 unspecified atom stereocenters. The van der Waals surface area contributed by atoms with Gasteiger partial charge >= 0.3 is 0 Å².